The Morgan fingerprint density at radius 2 is 2.19 bits per heavy atom. The van der Waals surface area contributed by atoms with E-state index in [-0.39, 0.29) is 5.97 Å². The van der Waals surface area contributed by atoms with Crippen molar-refractivity contribution in [3.8, 4) is 0 Å². The molecule has 21 heavy (non-hydrogen) atoms. The molecule has 2 heterocycles. The van der Waals surface area contributed by atoms with Gasteiger partial charge in [-0.1, -0.05) is 0 Å². The van der Waals surface area contributed by atoms with Gasteiger partial charge in [-0.3, -0.25) is 4.98 Å². The van der Waals surface area contributed by atoms with Crippen molar-refractivity contribution in [2.45, 2.75) is 25.3 Å². The summed E-state index contributed by atoms with van der Waals surface area (Å²) in [6.07, 6.45) is 5.79. The zero-order chi connectivity index (χ0) is 14.8. The van der Waals surface area contributed by atoms with E-state index in [4.69, 9.17) is 10.5 Å². The second-order valence-electron chi connectivity index (χ2n) is 5.06. The summed E-state index contributed by atoms with van der Waals surface area (Å²) in [6, 6.07) is 3.92. The number of aromatic nitrogens is 1. The predicted octanol–water partition coefficient (Wildman–Crippen LogP) is 3.00. The first-order valence-electron chi connectivity index (χ1n) is 6.84. The summed E-state index contributed by atoms with van der Waals surface area (Å²) < 4.78 is 4.80. The van der Waals surface area contributed by atoms with Gasteiger partial charge in [-0.25, -0.2) is 4.79 Å². The van der Waals surface area contributed by atoms with Crippen LogP contribution in [0, 0.1) is 0 Å². The standard InChI is InChI=1S/C15H17N3O2S/c1-20-15(19)13-12(16)11(10-2-3-10)14(21-13)18-8-9-4-6-17-7-5-9/h4-7,10,18H,2-3,8,16H2,1H3. The van der Waals surface area contributed by atoms with Gasteiger partial charge in [0.15, 0.2) is 0 Å². The Bertz CT molecular complexity index is 650. The maximum atomic E-state index is 11.8. The number of anilines is 2. The number of thiophene rings is 1. The lowest BCUT2D eigenvalue weighted by Gasteiger charge is -2.07. The Balaban J connectivity index is 1.85. The van der Waals surface area contributed by atoms with Crippen molar-refractivity contribution in [3.05, 3.63) is 40.5 Å². The molecule has 1 fully saturated rings. The number of nitrogen functional groups attached to an aromatic ring is 1. The molecular weight excluding hydrogens is 286 g/mol. The molecule has 6 heteroatoms. The van der Waals surface area contributed by atoms with Gasteiger partial charge in [-0.05, 0) is 36.5 Å². The number of nitrogens with zero attached hydrogens (tertiary/aromatic N) is 1. The summed E-state index contributed by atoms with van der Waals surface area (Å²) in [4.78, 5) is 16.3. The monoisotopic (exact) mass is 303 g/mol. The fraction of sp³-hybridized carbons (Fsp3) is 0.333. The fourth-order valence-corrected chi connectivity index (χ4v) is 3.41. The quantitative estimate of drug-likeness (QED) is 0.830. The SMILES string of the molecule is COC(=O)c1sc(NCc2ccncc2)c(C2CC2)c1N. The van der Waals surface area contributed by atoms with Crippen LogP contribution in [0.2, 0.25) is 0 Å². The number of hydrogen-bond acceptors (Lipinski definition) is 6. The van der Waals surface area contributed by atoms with Crippen LogP contribution in [0.15, 0.2) is 24.5 Å². The Hall–Kier alpha value is -2.08. The lowest BCUT2D eigenvalue weighted by molar-refractivity contribution is 0.0607. The molecule has 1 aliphatic carbocycles. The maximum Gasteiger partial charge on any atom is 0.350 e. The second-order valence-corrected chi connectivity index (χ2v) is 6.08. The molecule has 1 saturated carbocycles. The molecule has 0 atom stereocenters. The van der Waals surface area contributed by atoms with E-state index in [1.165, 1.54) is 18.4 Å². The van der Waals surface area contributed by atoms with Crippen molar-refractivity contribution in [2.75, 3.05) is 18.2 Å². The number of nitrogens with two attached hydrogens (primary N) is 1. The first kappa shape index (κ1) is 13.9. The molecule has 3 N–H and O–H groups in total. The average molecular weight is 303 g/mol. The third kappa shape index (κ3) is 2.85. The Morgan fingerprint density at radius 1 is 1.48 bits per heavy atom. The lowest BCUT2D eigenvalue weighted by atomic mass is 10.1. The summed E-state index contributed by atoms with van der Waals surface area (Å²) in [7, 11) is 1.38. The minimum absolute atomic E-state index is 0.364. The van der Waals surface area contributed by atoms with Crippen molar-refractivity contribution in [1.82, 2.24) is 4.98 Å². The van der Waals surface area contributed by atoms with Crippen LogP contribution >= 0.6 is 11.3 Å². The topological polar surface area (TPSA) is 77.2 Å². The Labute approximate surface area is 127 Å². The third-order valence-electron chi connectivity index (χ3n) is 3.54. The van der Waals surface area contributed by atoms with Crippen molar-refractivity contribution in [1.29, 1.82) is 0 Å². The average Bonchev–Trinajstić information content (AvgIpc) is 3.29. The molecule has 0 spiro atoms. The molecule has 0 radical (unpaired) electrons. The minimum Gasteiger partial charge on any atom is -0.465 e. The number of carbonyl (C=O) groups excluding carboxylic acids is 1. The van der Waals surface area contributed by atoms with Crippen LogP contribution in [-0.4, -0.2) is 18.1 Å². The third-order valence-corrected chi connectivity index (χ3v) is 4.70. The van der Waals surface area contributed by atoms with Crippen LogP contribution in [0.3, 0.4) is 0 Å². The van der Waals surface area contributed by atoms with E-state index in [1.54, 1.807) is 12.4 Å². The number of ether oxygens (including phenoxy) is 1. The highest BCUT2D eigenvalue weighted by molar-refractivity contribution is 7.18. The van der Waals surface area contributed by atoms with Gasteiger partial charge < -0.3 is 15.8 Å². The van der Waals surface area contributed by atoms with Crippen molar-refractivity contribution < 1.29 is 9.53 Å². The van der Waals surface area contributed by atoms with Crippen molar-refractivity contribution >= 4 is 28.0 Å². The van der Waals surface area contributed by atoms with E-state index in [1.807, 2.05) is 12.1 Å². The first-order valence-corrected chi connectivity index (χ1v) is 7.65. The number of pyridine rings is 1. The van der Waals surface area contributed by atoms with Crippen LogP contribution in [-0.2, 0) is 11.3 Å². The molecule has 0 amide bonds. The number of esters is 1. The first-order chi connectivity index (χ1) is 10.2. The molecule has 0 saturated heterocycles. The predicted molar refractivity (Wildman–Crippen MR) is 83.6 cm³/mol. The zero-order valence-electron chi connectivity index (χ0n) is 11.8. The van der Waals surface area contributed by atoms with E-state index in [0.29, 0.717) is 23.0 Å². The second kappa shape index (κ2) is 5.73. The smallest absolute Gasteiger partial charge is 0.350 e. The molecule has 110 valence electrons. The molecule has 2 aromatic rings. The number of carbonyl (C=O) groups is 1. The molecule has 1 aliphatic rings. The van der Waals surface area contributed by atoms with Crippen LogP contribution in [0.1, 0.15) is 39.6 Å². The largest absolute Gasteiger partial charge is 0.465 e. The summed E-state index contributed by atoms with van der Waals surface area (Å²) in [6.45, 7) is 0.683. The molecule has 0 bridgehead atoms. The lowest BCUT2D eigenvalue weighted by Crippen LogP contribution is -2.03. The van der Waals surface area contributed by atoms with E-state index in [9.17, 15) is 4.79 Å². The normalized spacial score (nSPS) is 14.0. The summed E-state index contributed by atoms with van der Waals surface area (Å²) in [5.41, 5.74) is 8.94. The number of rotatable bonds is 5. The highest BCUT2D eigenvalue weighted by Gasteiger charge is 2.33. The van der Waals surface area contributed by atoms with Gasteiger partial charge in [0.1, 0.15) is 4.88 Å². The molecule has 0 unspecified atom stereocenters. The van der Waals surface area contributed by atoms with Gasteiger partial charge in [-0.2, -0.15) is 0 Å². The molecular formula is C15H17N3O2S. The van der Waals surface area contributed by atoms with Crippen LogP contribution in [0.4, 0.5) is 10.7 Å². The summed E-state index contributed by atoms with van der Waals surface area (Å²) in [5, 5.41) is 4.37. The number of hydrogen-bond donors (Lipinski definition) is 2. The zero-order valence-corrected chi connectivity index (χ0v) is 12.6. The molecule has 0 aliphatic heterocycles. The molecule has 2 aromatic heterocycles. The molecule has 3 rings (SSSR count). The Morgan fingerprint density at radius 3 is 2.81 bits per heavy atom. The van der Waals surface area contributed by atoms with Gasteiger partial charge in [0.05, 0.1) is 17.8 Å². The Kier molecular flexibility index (Phi) is 3.79. The highest BCUT2D eigenvalue weighted by atomic mass is 32.1. The highest BCUT2D eigenvalue weighted by Crippen LogP contribution is 2.51. The number of nitrogens with one attached hydrogen (secondary N) is 1. The van der Waals surface area contributed by atoms with Crippen molar-refractivity contribution in [2.24, 2.45) is 0 Å². The van der Waals surface area contributed by atoms with Crippen molar-refractivity contribution in [3.63, 3.8) is 0 Å². The van der Waals surface area contributed by atoms with Gasteiger partial charge in [0.25, 0.3) is 0 Å². The maximum absolute atomic E-state index is 11.8. The molecule has 5 nitrogen and oxygen atoms in total. The molecule has 0 aromatic carbocycles. The number of methoxy groups -OCH3 is 1. The van der Waals surface area contributed by atoms with Gasteiger partial charge >= 0.3 is 5.97 Å². The van der Waals surface area contributed by atoms with E-state index >= 15 is 0 Å². The van der Waals surface area contributed by atoms with E-state index in [0.717, 1.165) is 29.0 Å². The van der Waals surface area contributed by atoms with Gasteiger partial charge in [-0.15, -0.1) is 11.3 Å². The fourth-order valence-electron chi connectivity index (χ4n) is 2.29. The van der Waals surface area contributed by atoms with Gasteiger partial charge in [0.2, 0.25) is 0 Å². The summed E-state index contributed by atoms with van der Waals surface area (Å²) in [5.74, 6) is 0.107. The summed E-state index contributed by atoms with van der Waals surface area (Å²) >= 11 is 1.38. The van der Waals surface area contributed by atoms with Crippen LogP contribution in [0.5, 0.6) is 0 Å². The van der Waals surface area contributed by atoms with Crippen LogP contribution < -0.4 is 11.1 Å². The van der Waals surface area contributed by atoms with Crippen LogP contribution in [0.25, 0.3) is 0 Å². The van der Waals surface area contributed by atoms with Gasteiger partial charge in [0, 0.05) is 24.5 Å². The van der Waals surface area contributed by atoms with E-state index < -0.39 is 0 Å². The van der Waals surface area contributed by atoms with E-state index in [2.05, 4.69) is 10.3 Å². The minimum atomic E-state index is -0.364.